The minimum atomic E-state index is -3.53. The van der Waals surface area contributed by atoms with E-state index in [0.29, 0.717) is 0 Å². The van der Waals surface area contributed by atoms with Gasteiger partial charge in [-0.3, -0.25) is 0 Å². The lowest BCUT2D eigenvalue weighted by molar-refractivity contribution is 0.303. The Balaban J connectivity index is 2.93. The molecular formula is C9H20N4O3S. The average molecular weight is 264 g/mol. The molecule has 0 saturated heterocycles. The second-order valence-corrected chi connectivity index (χ2v) is 6.46. The quantitative estimate of drug-likeness (QED) is 0.310. The second kappa shape index (κ2) is 5.65. The van der Waals surface area contributed by atoms with E-state index in [1.54, 1.807) is 0 Å². The van der Waals surface area contributed by atoms with Gasteiger partial charge in [-0.15, -0.1) is 0 Å². The van der Waals surface area contributed by atoms with Crippen molar-refractivity contribution in [3.63, 3.8) is 0 Å². The molecule has 100 valence electrons. The van der Waals surface area contributed by atoms with E-state index in [1.165, 1.54) is 18.4 Å². The monoisotopic (exact) mass is 264 g/mol. The number of nitrogens with two attached hydrogens (primary N) is 1. The zero-order chi connectivity index (χ0) is 13.1. The van der Waals surface area contributed by atoms with Crippen LogP contribution in [-0.4, -0.2) is 54.8 Å². The molecular weight excluding hydrogens is 244 g/mol. The van der Waals surface area contributed by atoms with Crippen LogP contribution >= 0.6 is 0 Å². The molecule has 0 aliphatic heterocycles. The van der Waals surface area contributed by atoms with E-state index < -0.39 is 10.2 Å². The number of hydrogen-bond acceptors (Lipinski definition) is 4. The van der Waals surface area contributed by atoms with Crippen LogP contribution < -0.4 is 5.73 Å². The van der Waals surface area contributed by atoms with Gasteiger partial charge < -0.3 is 10.9 Å². The molecule has 0 aromatic carbocycles. The van der Waals surface area contributed by atoms with Gasteiger partial charge in [0.1, 0.15) is 0 Å². The average Bonchev–Trinajstić information content (AvgIpc) is 2.78. The topological polar surface area (TPSA) is 99.2 Å². The molecule has 1 aliphatic carbocycles. The molecule has 0 radical (unpaired) electrons. The van der Waals surface area contributed by atoms with Crippen molar-refractivity contribution in [2.24, 2.45) is 10.9 Å². The number of hydrogen-bond donors (Lipinski definition) is 2. The van der Waals surface area contributed by atoms with E-state index in [2.05, 4.69) is 5.16 Å². The first-order chi connectivity index (χ1) is 7.89. The Hall–Kier alpha value is -0.860. The third-order valence-electron chi connectivity index (χ3n) is 2.94. The molecule has 0 atom stereocenters. The highest BCUT2D eigenvalue weighted by Crippen LogP contribution is 2.26. The van der Waals surface area contributed by atoms with Gasteiger partial charge in [0.05, 0.1) is 6.54 Å². The summed E-state index contributed by atoms with van der Waals surface area (Å²) in [4.78, 5) is 0. The predicted molar refractivity (Wildman–Crippen MR) is 65.0 cm³/mol. The van der Waals surface area contributed by atoms with Crippen LogP contribution in [0.15, 0.2) is 5.16 Å². The molecule has 17 heavy (non-hydrogen) atoms. The van der Waals surface area contributed by atoms with Gasteiger partial charge in [0.25, 0.3) is 10.2 Å². The van der Waals surface area contributed by atoms with Crippen molar-refractivity contribution < 1.29 is 13.6 Å². The van der Waals surface area contributed by atoms with Crippen LogP contribution in [0, 0.1) is 0 Å². The second-order valence-electron chi connectivity index (χ2n) is 4.37. The Morgan fingerprint density at radius 1 is 1.41 bits per heavy atom. The lowest BCUT2D eigenvalue weighted by Crippen LogP contribution is -2.48. The molecule has 3 N–H and O–H groups in total. The van der Waals surface area contributed by atoms with Crippen LogP contribution in [-0.2, 0) is 10.2 Å². The highest BCUT2D eigenvalue weighted by Gasteiger charge is 2.34. The van der Waals surface area contributed by atoms with Gasteiger partial charge in [-0.25, -0.2) is 0 Å². The smallest absolute Gasteiger partial charge is 0.282 e. The Labute approximate surface area is 102 Å². The molecule has 0 heterocycles. The van der Waals surface area contributed by atoms with Crippen LogP contribution in [0.4, 0.5) is 0 Å². The van der Waals surface area contributed by atoms with Gasteiger partial charge in [0, 0.05) is 20.1 Å². The molecule has 0 aromatic rings. The molecule has 0 bridgehead atoms. The summed E-state index contributed by atoms with van der Waals surface area (Å²) in [6.07, 6.45) is 3.68. The largest absolute Gasteiger partial charge is 0.409 e. The SMILES string of the molecule is CN(C)S(=O)(=O)N(CC(N)=NO)C1CCCC1. The minimum Gasteiger partial charge on any atom is -0.409 e. The van der Waals surface area contributed by atoms with Crippen LogP contribution in [0.2, 0.25) is 0 Å². The summed E-state index contributed by atoms with van der Waals surface area (Å²) in [5.41, 5.74) is 5.41. The van der Waals surface area contributed by atoms with E-state index in [-0.39, 0.29) is 18.4 Å². The molecule has 1 fully saturated rings. The van der Waals surface area contributed by atoms with Crippen LogP contribution in [0.5, 0.6) is 0 Å². The van der Waals surface area contributed by atoms with Crippen LogP contribution in [0.3, 0.4) is 0 Å². The molecule has 8 heteroatoms. The van der Waals surface area contributed by atoms with Gasteiger partial charge in [0.2, 0.25) is 0 Å². The highest BCUT2D eigenvalue weighted by molar-refractivity contribution is 7.86. The van der Waals surface area contributed by atoms with Gasteiger partial charge >= 0.3 is 0 Å². The first-order valence-electron chi connectivity index (χ1n) is 5.55. The molecule has 1 saturated carbocycles. The van der Waals surface area contributed by atoms with E-state index in [4.69, 9.17) is 10.9 Å². The molecule has 0 amide bonds. The molecule has 7 nitrogen and oxygen atoms in total. The lowest BCUT2D eigenvalue weighted by Gasteiger charge is -2.29. The van der Waals surface area contributed by atoms with Crippen molar-refractivity contribution in [1.82, 2.24) is 8.61 Å². The van der Waals surface area contributed by atoms with Crippen molar-refractivity contribution in [2.45, 2.75) is 31.7 Å². The Kier molecular flexibility index (Phi) is 4.72. The first-order valence-corrected chi connectivity index (χ1v) is 6.95. The van der Waals surface area contributed by atoms with Gasteiger partial charge in [-0.05, 0) is 12.8 Å². The Morgan fingerprint density at radius 3 is 2.35 bits per heavy atom. The summed E-state index contributed by atoms with van der Waals surface area (Å²) in [5, 5.41) is 11.4. The normalized spacial score (nSPS) is 19.4. The third kappa shape index (κ3) is 3.30. The summed E-state index contributed by atoms with van der Waals surface area (Å²) in [5.74, 6) is -0.0951. The number of nitrogens with zero attached hydrogens (tertiary/aromatic N) is 3. The van der Waals surface area contributed by atoms with Crippen molar-refractivity contribution in [3.8, 4) is 0 Å². The van der Waals surface area contributed by atoms with E-state index in [0.717, 1.165) is 30.0 Å². The summed E-state index contributed by atoms with van der Waals surface area (Å²) in [6, 6.07) is -0.0531. The number of amidine groups is 1. The number of rotatable bonds is 5. The molecule has 1 aliphatic rings. The van der Waals surface area contributed by atoms with Gasteiger partial charge in [0.15, 0.2) is 5.84 Å². The summed E-state index contributed by atoms with van der Waals surface area (Å²) < 4.78 is 26.7. The fraction of sp³-hybridized carbons (Fsp3) is 0.889. The van der Waals surface area contributed by atoms with Gasteiger partial charge in [-0.2, -0.15) is 17.0 Å². The zero-order valence-corrected chi connectivity index (χ0v) is 11.0. The highest BCUT2D eigenvalue weighted by atomic mass is 32.2. The fourth-order valence-electron chi connectivity index (χ4n) is 1.99. The zero-order valence-electron chi connectivity index (χ0n) is 10.2. The Bertz CT molecular complexity index is 374. The summed E-state index contributed by atoms with van der Waals surface area (Å²) >= 11 is 0. The van der Waals surface area contributed by atoms with Gasteiger partial charge in [-0.1, -0.05) is 18.0 Å². The van der Waals surface area contributed by atoms with E-state index in [9.17, 15) is 8.42 Å². The molecule has 0 spiro atoms. The minimum absolute atomic E-state index is 0.0531. The Morgan fingerprint density at radius 2 is 1.94 bits per heavy atom. The van der Waals surface area contributed by atoms with Crippen molar-refractivity contribution in [3.05, 3.63) is 0 Å². The van der Waals surface area contributed by atoms with Crippen LogP contribution in [0.1, 0.15) is 25.7 Å². The van der Waals surface area contributed by atoms with Crippen molar-refractivity contribution >= 4 is 16.0 Å². The number of oxime groups is 1. The van der Waals surface area contributed by atoms with Crippen molar-refractivity contribution in [1.29, 1.82) is 0 Å². The fourth-order valence-corrected chi connectivity index (χ4v) is 3.29. The summed E-state index contributed by atoms with van der Waals surface area (Å²) in [7, 11) is -0.581. The van der Waals surface area contributed by atoms with Crippen molar-refractivity contribution in [2.75, 3.05) is 20.6 Å². The molecule has 1 rings (SSSR count). The summed E-state index contributed by atoms with van der Waals surface area (Å²) in [6.45, 7) is -0.0678. The van der Waals surface area contributed by atoms with Crippen LogP contribution in [0.25, 0.3) is 0 Å². The van der Waals surface area contributed by atoms with E-state index >= 15 is 0 Å². The maximum Gasteiger partial charge on any atom is 0.282 e. The molecule has 0 unspecified atom stereocenters. The predicted octanol–water partition coefficient (Wildman–Crippen LogP) is -0.216. The first kappa shape index (κ1) is 14.2. The third-order valence-corrected chi connectivity index (χ3v) is 4.88. The van der Waals surface area contributed by atoms with E-state index in [1.807, 2.05) is 0 Å². The molecule has 0 aromatic heterocycles. The lowest BCUT2D eigenvalue weighted by atomic mass is 10.2. The maximum absolute atomic E-state index is 12.1. The maximum atomic E-state index is 12.1. The standard InChI is InChI=1S/C9H20N4O3S/c1-12(2)17(15,16)13(7-9(10)11-14)8-5-3-4-6-8/h8,14H,3-7H2,1-2H3,(H2,10,11).